The number of carboxylic acids is 1. The Morgan fingerprint density at radius 1 is 1.30 bits per heavy atom. The van der Waals surface area contributed by atoms with Crippen molar-refractivity contribution in [3.8, 4) is 0 Å². The first kappa shape index (κ1) is 16.2. The summed E-state index contributed by atoms with van der Waals surface area (Å²) in [5.41, 5.74) is 1.09. The second kappa shape index (κ2) is 9.09. The standard InChI is InChI=1S/C15H21NO4/c1-2-13(15(18)19)16-14(17)9-6-10-20-11-12-7-4-3-5-8-12/h3-5,7-8,13H,2,6,9-11H2,1H3,(H,16,17)(H,18,19). The van der Waals surface area contributed by atoms with E-state index in [0.717, 1.165) is 5.56 Å². The molecule has 0 spiro atoms. The highest BCUT2D eigenvalue weighted by Gasteiger charge is 2.16. The third kappa shape index (κ3) is 6.33. The van der Waals surface area contributed by atoms with Gasteiger partial charge in [-0.1, -0.05) is 37.3 Å². The van der Waals surface area contributed by atoms with Crippen LogP contribution in [0.5, 0.6) is 0 Å². The van der Waals surface area contributed by atoms with Crippen LogP contribution in [0.1, 0.15) is 31.7 Å². The average Bonchev–Trinajstić information content (AvgIpc) is 2.45. The molecule has 5 nitrogen and oxygen atoms in total. The number of ether oxygens (including phenoxy) is 1. The van der Waals surface area contributed by atoms with Crippen molar-refractivity contribution in [2.24, 2.45) is 0 Å². The molecule has 0 fully saturated rings. The molecule has 0 aliphatic heterocycles. The highest BCUT2D eigenvalue weighted by atomic mass is 16.5. The summed E-state index contributed by atoms with van der Waals surface area (Å²) in [5, 5.41) is 11.3. The molecule has 1 aromatic carbocycles. The first-order valence-electron chi connectivity index (χ1n) is 6.77. The Kier molecular flexibility index (Phi) is 7.35. The molecule has 0 aliphatic carbocycles. The minimum absolute atomic E-state index is 0.248. The second-order valence-electron chi connectivity index (χ2n) is 4.51. The highest BCUT2D eigenvalue weighted by Crippen LogP contribution is 2.02. The van der Waals surface area contributed by atoms with Crippen molar-refractivity contribution in [1.82, 2.24) is 5.32 Å². The quantitative estimate of drug-likeness (QED) is 0.678. The summed E-state index contributed by atoms with van der Waals surface area (Å²) >= 11 is 0. The zero-order chi connectivity index (χ0) is 14.8. The molecule has 0 heterocycles. The monoisotopic (exact) mass is 279 g/mol. The molecule has 2 N–H and O–H groups in total. The topological polar surface area (TPSA) is 75.6 Å². The lowest BCUT2D eigenvalue weighted by Crippen LogP contribution is -2.40. The van der Waals surface area contributed by atoms with Crippen LogP contribution in [-0.2, 0) is 20.9 Å². The molecule has 1 rings (SSSR count). The molecule has 0 saturated carbocycles. The van der Waals surface area contributed by atoms with Crippen LogP contribution in [0.2, 0.25) is 0 Å². The van der Waals surface area contributed by atoms with Crippen LogP contribution < -0.4 is 5.32 Å². The summed E-state index contributed by atoms with van der Waals surface area (Å²) in [7, 11) is 0. The molecule has 1 unspecified atom stereocenters. The summed E-state index contributed by atoms with van der Waals surface area (Å²) in [5.74, 6) is -1.25. The summed E-state index contributed by atoms with van der Waals surface area (Å²) in [4.78, 5) is 22.3. The Balaban J connectivity index is 2.12. The number of carbonyl (C=O) groups excluding carboxylic acids is 1. The molecule has 1 amide bonds. The molecular weight excluding hydrogens is 258 g/mol. The number of aliphatic carboxylic acids is 1. The fourth-order valence-electron chi connectivity index (χ4n) is 1.70. The van der Waals surface area contributed by atoms with Gasteiger partial charge in [0, 0.05) is 13.0 Å². The molecule has 20 heavy (non-hydrogen) atoms. The van der Waals surface area contributed by atoms with Crippen molar-refractivity contribution < 1.29 is 19.4 Å². The van der Waals surface area contributed by atoms with Gasteiger partial charge in [-0.05, 0) is 18.4 Å². The third-order valence-electron chi connectivity index (χ3n) is 2.85. The van der Waals surface area contributed by atoms with Gasteiger partial charge in [-0.2, -0.15) is 0 Å². The third-order valence-corrected chi connectivity index (χ3v) is 2.85. The van der Waals surface area contributed by atoms with Crippen molar-refractivity contribution >= 4 is 11.9 Å². The van der Waals surface area contributed by atoms with E-state index >= 15 is 0 Å². The van der Waals surface area contributed by atoms with Crippen LogP contribution in [0, 0.1) is 0 Å². The van der Waals surface area contributed by atoms with Crippen LogP contribution >= 0.6 is 0 Å². The van der Waals surface area contributed by atoms with E-state index < -0.39 is 12.0 Å². The summed E-state index contributed by atoms with van der Waals surface area (Å²) in [6.07, 6.45) is 1.23. The van der Waals surface area contributed by atoms with Crippen LogP contribution in [0.25, 0.3) is 0 Å². The predicted octanol–water partition coefficient (Wildman–Crippen LogP) is 1.96. The van der Waals surface area contributed by atoms with E-state index in [9.17, 15) is 9.59 Å². The molecule has 5 heteroatoms. The number of amides is 1. The van der Waals surface area contributed by atoms with Gasteiger partial charge in [0.05, 0.1) is 6.61 Å². The van der Waals surface area contributed by atoms with E-state index in [2.05, 4.69) is 5.32 Å². The lowest BCUT2D eigenvalue weighted by atomic mass is 10.2. The van der Waals surface area contributed by atoms with E-state index in [1.54, 1.807) is 6.92 Å². The van der Waals surface area contributed by atoms with Crippen LogP contribution in [0.3, 0.4) is 0 Å². The van der Waals surface area contributed by atoms with Crippen molar-refractivity contribution in [3.05, 3.63) is 35.9 Å². The molecule has 0 aliphatic rings. The van der Waals surface area contributed by atoms with Crippen molar-refractivity contribution in [2.45, 2.75) is 38.8 Å². The van der Waals surface area contributed by atoms with E-state index in [4.69, 9.17) is 9.84 Å². The summed E-state index contributed by atoms with van der Waals surface area (Å²) in [6, 6.07) is 9.00. The first-order chi connectivity index (χ1) is 9.63. The predicted molar refractivity (Wildman–Crippen MR) is 75.2 cm³/mol. The van der Waals surface area contributed by atoms with Crippen molar-refractivity contribution in [3.63, 3.8) is 0 Å². The van der Waals surface area contributed by atoms with Gasteiger partial charge in [0.1, 0.15) is 6.04 Å². The normalized spacial score (nSPS) is 11.8. The largest absolute Gasteiger partial charge is 0.480 e. The number of benzene rings is 1. The summed E-state index contributed by atoms with van der Waals surface area (Å²) in [6.45, 7) is 2.73. The maximum Gasteiger partial charge on any atom is 0.326 e. The summed E-state index contributed by atoms with van der Waals surface area (Å²) < 4.78 is 5.45. The Hall–Kier alpha value is -1.88. The van der Waals surface area contributed by atoms with Crippen LogP contribution in [0.4, 0.5) is 0 Å². The molecule has 0 aromatic heterocycles. The van der Waals surface area contributed by atoms with Gasteiger partial charge in [0.25, 0.3) is 0 Å². The fourth-order valence-corrected chi connectivity index (χ4v) is 1.70. The van der Waals surface area contributed by atoms with Gasteiger partial charge in [-0.25, -0.2) is 4.79 Å². The lowest BCUT2D eigenvalue weighted by molar-refractivity contribution is -0.141. The molecule has 1 aromatic rings. The Bertz CT molecular complexity index is 419. The SMILES string of the molecule is CCC(NC(=O)CCCOCc1ccccc1)C(=O)O. The molecule has 1 atom stereocenters. The smallest absolute Gasteiger partial charge is 0.326 e. The van der Waals surface area contributed by atoms with E-state index in [0.29, 0.717) is 26.1 Å². The Labute approximate surface area is 118 Å². The van der Waals surface area contributed by atoms with Crippen LogP contribution in [0.15, 0.2) is 30.3 Å². The number of hydrogen-bond donors (Lipinski definition) is 2. The van der Waals surface area contributed by atoms with Crippen molar-refractivity contribution in [1.29, 1.82) is 0 Å². The van der Waals surface area contributed by atoms with Gasteiger partial charge < -0.3 is 15.2 Å². The molecule has 0 bridgehead atoms. The zero-order valence-corrected chi connectivity index (χ0v) is 11.7. The van der Waals surface area contributed by atoms with Gasteiger partial charge in [0.15, 0.2) is 0 Å². The van der Waals surface area contributed by atoms with Gasteiger partial charge >= 0.3 is 5.97 Å². The van der Waals surface area contributed by atoms with Crippen LogP contribution in [-0.4, -0.2) is 29.6 Å². The molecule has 0 saturated heterocycles. The number of carboxylic acid groups (broad SMARTS) is 1. The number of carbonyl (C=O) groups is 2. The Morgan fingerprint density at radius 2 is 2.00 bits per heavy atom. The molecule has 0 radical (unpaired) electrons. The number of nitrogens with one attached hydrogen (secondary N) is 1. The number of hydrogen-bond acceptors (Lipinski definition) is 3. The maximum atomic E-state index is 11.5. The van der Waals surface area contributed by atoms with Gasteiger partial charge in [-0.3, -0.25) is 4.79 Å². The minimum Gasteiger partial charge on any atom is -0.480 e. The zero-order valence-electron chi connectivity index (χ0n) is 11.7. The minimum atomic E-state index is -0.999. The highest BCUT2D eigenvalue weighted by molar-refractivity contribution is 5.83. The number of rotatable bonds is 9. The van der Waals surface area contributed by atoms with Gasteiger partial charge in [0.2, 0.25) is 5.91 Å². The second-order valence-corrected chi connectivity index (χ2v) is 4.51. The van der Waals surface area contributed by atoms with E-state index in [1.165, 1.54) is 0 Å². The maximum absolute atomic E-state index is 11.5. The lowest BCUT2D eigenvalue weighted by Gasteiger charge is -2.12. The van der Waals surface area contributed by atoms with Crippen molar-refractivity contribution in [2.75, 3.05) is 6.61 Å². The molecule has 110 valence electrons. The average molecular weight is 279 g/mol. The first-order valence-corrected chi connectivity index (χ1v) is 6.77. The fraction of sp³-hybridized carbons (Fsp3) is 0.467. The van der Waals surface area contributed by atoms with Gasteiger partial charge in [-0.15, -0.1) is 0 Å². The van der Waals surface area contributed by atoms with E-state index in [1.807, 2.05) is 30.3 Å². The Morgan fingerprint density at radius 3 is 2.60 bits per heavy atom. The molecular formula is C15H21NO4. The van der Waals surface area contributed by atoms with E-state index in [-0.39, 0.29) is 12.3 Å².